The fourth-order valence-corrected chi connectivity index (χ4v) is 1.30. The maximum atomic E-state index is 8.48. The van der Waals surface area contributed by atoms with Gasteiger partial charge in [-0.2, -0.15) is 5.26 Å². The van der Waals surface area contributed by atoms with Crippen LogP contribution >= 0.6 is 15.9 Å². The van der Waals surface area contributed by atoms with Crippen LogP contribution < -0.4 is 0 Å². The Labute approximate surface area is 94.1 Å². The van der Waals surface area contributed by atoms with Gasteiger partial charge in [-0.1, -0.05) is 26.8 Å². The molecule has 0 radical (unpaired) electrons. The van der Waals surface area contributed by atoms with Crippen LogP contribution in [0.3, 0.4) is 0 Å². The van der Waals surface area contributed by atoms with Gasteiger partial charge < -0.3 is 0 Å². The van der Waals surface area contributed by atoms with E-state index in [9.17, 15) is 0 Å². The molecule has 0 spiro atoms. The van der Waals surface area contributed by atoms with Crippen molar-refractivity contribution in [2.75, 3.05) is 0 Å². The third-order valence-electron chi connectivity index (χ3n) is 1.64. The first-order valence-electron chi connectivity index (χ1n) is 4.73. The summed E-state index contributed by atoms with van der Waals surface area (Å²) in [7, 11) is 0. The van der Waals surface area contributed by atoms with Crippen LogP contribution in [0.25, 0.3) is 0 Å². The van der Waals surface area contributed by atoms with Crippen LogP contribution in [0, 0.1) is 11.3 Å². The Morgan fingerprint density at radius 1 is 1.50 bits per heavy atom. The molecule has 76 valence electrons. The van der Waals surface area contributed by atoms with Crippen LogP contribution in [-0.4, -0.2) is 4.98 Å². The van der Waals surface area contributed by atoms with E-state index in [1.165, 1.54) is 0 Å². The smallest absolute Gasteiger partial charge is 0.106 e. The summed E-state index contributed by atoms with van der Waals surface area (Å²) in [5.41, 5.74) is 0.964. The van der Waals surface area contributed by atoms with Crippen molar-refractivity contribution in [3.05, 3.63) is 28.5 Å². The van der Waals surface area contributed by atoms with E-state index in [1.54, 1.807) is 0 Å². The second-order valence-corrected chi connectivity index (χ2v) is 3.46. The highest BCUT2D eigenvalue weighted by Crippen LogP contribution is 2.17. The Hall–Kier alpha value is -0.880. The number of hydrogen-bond donors (Lipinski definition) is 0. The van der Waals surface area contributed by atoms with Gasteiger partial charge in [-0.25, -0.2) is 4.98 Å². The molecule has 2 nitrogen and oxygen atoms in total. The predicted molar refractivity (Wildman–Crippen MR) is 61.9 cm³/mol. The lowest BCUT2D eigenvalue weighted by molar-refractivity contribution is 0.754. The zero-order chi connectivity index (χ0) is 11.0. The predicted octanol–water partition coefficient (Wildman–Crippen LogP) is 3.89. The van der Waals surface area contributed by atoms with Crippen LogP contribution in [0.2, 0.25) is 0 Å². The van der Waals surface area contributed by atoms with Crippen molar-refractivity contribution in [3.8, 4) is 6.07 Å². The molecule has 0 fully saturated rings. The maximum Gasteiger partial charge on any atom is 0.106 e. The van der Waals surface area contributed by atoms with E-state index in [4.69, 9.17) is 5.26 Å². The molecule has 1 aromatic rings. The average molecular weight is 255 g/mol. The van der Waals surface area contributed by atoms with Crippen molar-refractivity contribution < 1.29 is 0 Å². The minimum absolute atomic E-state index is 0.215. The Morgan fingerprint density at radius 2 is 2.14 bits per heavy atom. The Morgan fingerprint density at radius 3 is 2.64 bits per heavy atom. The van der Waals surface area contributed by atoms with Gasteiger partial charge in [0.2, 0.25) is 0 Å². The first-order valence-corrected chi connectivity index (χ1v) is 5.52. The van der Waals surface area contributed by atoms with E-state index in [0.717, 1.165) is 10.3 Å². The molecule has 3 heteroatoms. The molecule has 0 saturated heterocycles. The van der Waals surface area contributed by atoms with Crippen molar-refractivity contribution in [1.82, 2.24) is 4.98 Å². The van der Waals surface area contributed by atoms with E-state index in [2.05, 4.69) is 27.0 Å². The van der Waals surface area contributed by atoms with Crippen molar-refractivity contribution >= 4 is 15.9 Å². The van der Waals surface area contributed by atoms with Gasteiger partial charge in [-0.3, -0.25) is 0 Å². The number of aromatic nitrogens is 1. The molecule has 0 aromatic carbocycles. The lowest BCUT2D eigenvalue weighted by Crippen LogP contribution is -1.95. The summed E-state index contributed by atoms with van der Waals surface area (Å²) in [4.78, 5) is 4.26. The summed E-state index contributed by atoms with van der Waals surface area (Å²) in [5, 5.41) is 8.48. The van der Waals surface area contributed by atoms with Crippen LogP contribution in [0.15, 0.2) is 22.8 Å². The molecule has 1 rings (SSSR count). The first-order chi connectivity index (χ1) is 6.74. The van der Waals surface area contributed by atoms with E-state index in [0.29, 0.717) is 6.42 Å². The second-order valence-electron chi connectivity index (χ2n) is 2.65. The molecule has 0 aliphatic heterocycles. The summed E-state index contributed by atoms with van der Waals surface area (Å²) in [5.74, 6) is 0.215. The number of pyridine rings is 1. The third kappa shape index (κ3) is 4.38. The molecule has 1 unspecified atom stereocenters. The lowest BCUT2D eigenvalue weighted by atomic mass is 10.0. The van der Waals surface area contributed by atoms with Crippen molar-refractivity contribution in [2.45, 2.75) is 33.1 Å². The van der Waals surface area contributed by atoms with Crippen LogP contribution in [0.1, 0.15) is 38.8 Å². The average Bonchev–Trinajstić information content (AvgIpc) is 2.21. The standard InChI is InChI=1S/C9H9BrN2.C2H6/c1-7(5-6-11)8-3-2-4-9(10)12-8;1-2/h2-4,7H,5H2,1H3;1-2H3. The normalized spacial score (nSPS) is 10.8. The summed E-state index contributed by atoms with van der Waals surface area (Å²) < 4.78 is 0.824. The van der Waals surface area contributed by atoms with E-state index in [1.807, 2.05) is 39.0 Å². The number of nitriles is 1. The fraction of sp³-hybridized carbons (Fsp3) is 0.455. The van der Waals surface area contributed by atoms with Crippen molar-refractivity contribution in [2.24, 2.45) is 0 Å². The fourth-order valence-electron chi connectivity index (χ4n) is 0.940. The van der Waals surface area contributed by atoms with Gasteiger partial charge in [0.25, 0.3) is 0 Å². The van der Waals surface area contributed by atoms with Crippen LogP contribution in [-0.2, 0) is 0 Å². The first kappa shape index (κ1) is 13.1. The van der Waals surface area contributed by atoms with Gasteiger partial charge in [0.05, 0.1) is 6.07 Å². The van der Waals surface area contributed by atoms with Gasteiger partial charge in [0.1, 0.15) is 4.60 Å². The monoisotopic (exact) mass is 254 g/mol. The van der Waals surface area contributed by atoms with Crippen molar-refractivity contribution in [3.63, 3.8) is 0 Å². The van der Waals surface area contributed by atoms with E-state index >= 15 is 0 Å². The van der Waals surface area contributed by atoms with Gasteiger partial charge in [-0.15, -0.1) is 0 Å². The van der Waals surface area contributed by atoms with Gasteiger partial charge in [0.15, 0.2) is 0 Å². The molecule has 0 aliphatic rings. The molecule has 0 amide bonds. The molecule has 1 heterocycles. The number of hydrogen-bond acceptors (Lipinski definition) is 2. The topological polar surface area (TPSA) is 36.7 Å². The molecule has 0 N–H and O–H groups in total. The summed E-state index contributed by atoms with van der Waals surface area (Å²) in [6, 6.07) is 7.88. The number of rotatable bonds is 2. The molecule has 0 saturated carbocycles. The highest BCUT2D eigenvalue weighted by atomic mass is 79.9. The van der Waals surface area contributed by atoms with Crippen molar-refractivity contribution in [1.29, 1.82) is 5.26 Å². The summed E-state index contributed by atoms with van der Waals surface area (Å²) in [6.45, 7) is 6.00. The Balaban J connectivity index is 0.000000791. The SMILES string of the molecule is CC.CC(CC#N)c1cccc(Br)n1. The summed E-state index contributed by atoms with van der Waals surface area (Å²) in [6.07, 6.45) is 0.517. The molecule has 1 aromatic heterocycles. The number of halogens is 1. The largest absolute Gasteiger partial charge is 0.246 e. The third-order valence-corrected chi connectivity index (χ3v) is 2.08. The Kier molecular flexibility index (Phi) is 7.04. The lowest BCUT2D eigenvalue weighted by Gasteiger charge is -2.05. The van der Waals surface area contributed by atoms with Crippen LogP contribution in [0.5, 0.6) is 0 Å². The highest BCUT2D eigenvalue weighted by molar-refractivity contribution is 9.10. The van der Waals surface area contributed by atoms with Gasteiger partial charge >= 0.3 is 0 Å². The molecular weight excluding hydrogens is 240 g/mol. The maximum absolute atomic E-state index is 8.48. The molecular formula is C11H15BrN2. The quantitative estimate of drug-likeness (QED) is 0.752. The van der Waals surface area contributed by atoms with E-state index in [-0.39, 0.29) is 5.92 Å². The van der Waals surface area contributed by atoms with Gasteiger partial charge in [0, 0.05) is 18.0 Å². The molecule has 14 heavy (non-hydrogen) atoms. The Bertz CT molecular complexity index is 304. The molecule has 0 bridgehead atoms. The second kappa shape index (κ2) is 7.52. The zero-order valence-corrected chi connectivity index (χ0v) is 10.4. The molecule has 1 atom stereocenters. The minimum Gasteiger partial charge on any atom is -0.246 e. The van der Waals surface area contributed by atoms with E-state index < -0.39 is 0 Å². The number of nitrogens with zero attached hydrogens (tertiary/aromatic N) is 2. The highest BCUT2D eigenvalue weighted by Gasteiger charge is 2.05. The zero-order valence-electron chi connectivity index (χ0n) is 8.79. The van der Waals surface area contributed by atoms with Gasteiger partial charge in [-0.05, 0) is 28.1 Å². The van der Waals surface area contributed by atoms with Crippen LogP contribution in [0.4, 0.5) is 0 Å². The molecule has 0 aliphatic carbocycles. The summed E-state index contributed by atoms with van der Waals surface area (Å²) >= 11 is 3.29. The minimum atomic E-state index is 0.215.